The van der Waals surface area contributed by atoms with Gasteiger partial charge in [-0.2, -0.15) is 0 Å². The van der Waals surface area contributed by atoms with E-state index in [4.69, 9.17) is 4.74 Å². The molecule has 1 aromatic carbocycles. The zero-order valence-electron chi connectivity index (χ0n) is 11.8. The number of benzene rings is 1. The molecule has 0 bridgehead atoms. The van der Waals surface area contributed by atoms with Crippen LogP contribution in [0.1, 0.15) is 43.9 Å². The van der Waals surface area contributed by atoms with Crippen LogP contribution in [0.25, 0.3) is 0 Å². The molecule has 100 valence electrons. The Kier molecular flexibility index (Phi) is 6.51. The van der Waals surface area contributed by atoms with Crippen molar-refractivity contribution in [3.63, 3.8) is 0 Å². The van der Waals surface area contributed by atoms with Crippen molar-refractivity contribution in [2.45, 2.75) is 39.7 Å². The summed E-state index contributed by atoms with van der Waals surface area (Å²) in [6.45, 7) is 11.9. The third kappa shape index (κ3) is 4.53. The summed E-state index contributed by atoms with van der Waals surface area (Å²) in [6, 6.07) is 6.73. The van der Waals surface area contributed by atoms with Crippen LogP contribution in [0.15, 0.2) is 30.9 Å². The Morgan fingerprint density at radius 2 is 2.22 bits per heavy atom. The van der Waals surface area contributed by atoms with Gasteiger partial charge in [0.15, 0.2) is 0 Å². The minimum atomic E-state index is 0.323. The lowest BCUT2D eigenvalue weighted by Crippen LogP contribution is -2.20. The number of rotatable bonds is 8. The van der Waals surface area contributed by atoms with Gasteiger partial charge in [0.25, 0.3) is 0 Å². The Balaban J connectivity index is 2.77. The van der Waals surface area contributed by atoms with Crippen molar-refractivity contribution in [2.75, 3.05) is 13.2 Å². The predicted molar refractivity (Wildman–Crippen MR) is 78.2 cm³/mol. The van der Waals surface area contributed by atoms with Crippen molar-refractivity contribution in [2.24, 2.45) is 0 Å². The molecule has 0 aliphatic carbocycles. The first kappa shape index (κ1) is 14.8. The zero-order chi connectivity index (χ0) is 13.4. The number of nitrogens with one attached hydrogen (secondary N) is 1. The highest BCUT2D eigenvalue weighted by atomic mass is 16.5. The van der Waals surface area contributed by atoms with Gasteiger partial charge in [-0.25, -0.2) is 0 Å². The van der Waals surface area contributed by atoms with Gasteiger partial charge in [-0.05, 0) is 44.9 Å². The van der Waals surface area contributed by atoms with E-state index in [1.807, 2.05) is 6.08 Å². The Hall–Kier alpha value is -1.28. The average Bonchev–Trinajstić information content (AvgIpc) is 2.36. The molecule has 2 nitrogen and oxygen atoms in total. The van der Waals surface area contributed by atoms with E-state index in [-0.39, 0.29) is 0 Å². The van der Waals surface area contributed by atoms with Crippen molar-refractivity contribution in [3.8, 4) is 5.75 Å². The van der Waals surface area contributed by atoms with E-state index in [0.29, 0.717) is 12.6 Å². The number of hydrogen-bond acceptors (Lipinski definition) is 2. The molecule has 1 N–H and O–H groups in total. The van der Waals surface area contributed by atoms with Gasteiger partial charge >= 0.3 is 0 Å². The zero-order valence-corrected chi connectivity index (χ0v) is 11.8. The quantitative estimate of drug-likeness (QED) is 0.553. The molecule has 0 amide bonds. The molecular formula is C16H25NO. The lowest BCUT2D eigenvalue weighted by Gasteiger charge is -2.18. The normalized spacial score (nSPS) is 12.2. The van der Waals surface area contributed by atoms with Gasteiger partial charge in [-0.1, -0.05) is 25.1 Å². The van der Waals surface area contributed by atoms with Gasteiger partial charge in [-0.3, -0.25) is 0 Å². The maximum Gasteiger partial charge on any atom is 0.124 e. The first-order valence-electron chi connectivity index (χ1n) is 6.76. The smallest absolute Gasteiger partial charge is 0.124 e. The van der Waals surface area contributed by atoms with Crippen LogP contribution in [0.5, 0.6) is 5.75 Å². The van der Waals surface area contributed by atoms with Crippen LogP contribution in [0.4, 0.5) is 0 Å². The van der Waals surface area contributed by atoms with Crippen molar-refractivity contribution < 1.29 is 4.74 Å². The maximum absolute atomic E-state index is 5.85. The fraction of sp³-hybridized carbons (Fsp3) is 0.500. The van der Waals surface area contributed by atoms with E-state index in [9.17, 15) is 0 Å². The Morgan fingerprint density at radius 1 is 1.44 bits per heavy atom. The van der Waals surface area contributed by atoms with E-state index in [1.165, 1.54) is 11.1 Å². The second-order valence-electron chi connectivity index (χ2n) is 4.64. The third-order valence-electron chi connectivity index (χ3n) is 2.92. The number of hydrogen-bond donors (Lipinski definition) is 1. The van der Waals surface area contributed by atoms with Crippen LogP contribution < -0.4 is 10.1 Å². The van der Waals surface area contributed by atoms with E-state index >= 15 is 0 Å². The summed E-state index contributed by atoms with van der Waals surface area (Å²) in [7, 11) is 0. The van der Waals surface area contributed by atoms with Gasteiger partial charge in [-0.15, -0.1) is 6.58 Å². The van der Waals surface area contributed by atoms with Crippen LogP contribution in [0, 0.1) is 6.92 Å². The van der Waals surface area contributed by atoms with Crippen molar-refractivity contribution in [3.05, 3.63) is 42.0 Å². The summed E-state index contributed by atoms with van der Waals surface area (Å²) in [4.78, 5) is 0. The summed E-state index contributed by atoms with van der Waals surface area (Å²) in [6.07, 6.45) is 3.90. The molecule has 0 saturated heterocycles. The molecule has 1 unspecified atom stereocenters. The number of ether oxygens (including phenoxy) is 1. The predicted octanol–water partition coefficient (Wildman–Crippen LogP) is 4.01. The minimum Gasteiger partial charge on any atom is -0.493 e. The Bertz CT molecular complexity index is 373. The molecule has 1 aromatic rings. The highest BCUT2D eigenvalue weighted by Gasteiger charge is 2.11. The average molecular weight is 247 g/mol. The summed E-state index contributed by atoms with van der Waals surface area (Å²) >= 11 is 0. The monoisotopic (exact) mass is 247 g/mol. The van der Waals surface area contributed by atoms with E-state index in [0.717, 1.165) is 25.1 Å². The first-order valence-corrected chi connectivity index (χ1v) is 6.76. The molecule has 0 aromatic heterocycles. The largest absolute Gasteiger partial charge is 0.493 e. The van der Waals surface area contributed by atoms with E-state index < -0.39 is 0 Å². The summed E-state index contributed by atoms with van der Waals surface area (Å²) in [5, 5.41) is 3.50. The van der Waals surface area contributed by atoms with E-state index in [2.05, 4.69) is 50.9 Å². The van der Waals surface area contributed by atoms with Crippen LogP contribution in [-0.4, -0.2) is 13.2 Å². The fourth-order valence-corrected chi connectivity index (χ4v) is 1.85. The van der Waals surface area contributed by atoms with Crippen LogP contribution >= 0.6 is 0 Å². The van der Waals surface area contributed by atoms with Crippen LogP contribution in [0.2, 0.25) is 0 Å². The van der Waals surface area contributed by atoms with Crippen LogP contribution in [0.3, 0.4) is 0 Å². The Labute approximate surface area is 111 Å². The minimum absolute atomic E-state index is 0.323. The molecule has 0 radical (unpaired) electrons. The summed E-state index contributed by atoms with van der Waals surface area (Å²) < 4.78 is 5.85. The molecule has 0 spiro atoms. The molecule has 0 fully saturated rings. The molecule has 18 heavy (non-hydrogen) atoms. The van der Waals surface area contributed by atoms with E-state index in [1.54, 1.807) is 0 Å². The molecule has 0 heterocycles. The van der Waals surface area contributed by atoms with Gasteiger partial charge in [0.1, 0.15) is 5.75 Å². The Morgan fingerprint density at radius 3 is 2.89 bits per heavy atom. The fourth-order valence-electron chi connectivity index (χ4n) is 1.85. The molecule has 0 aliphatic rings. The molecule has 0 aliphatic heterocycles. The lowest BCUT2D eigenvalue weighted by molar-refractivity contribution is 0.318. The molecular weight excluding hydrogens is 222 g/mol. The molecule has 2 heteroatoms. The number of aryl methyl sites for hydroxylation is 1. The van der Waals surface area contributed by atoms with Crippen molar-refractivity contribution >= 4 is 0 Å². The standard InChI is InChI=1S/C16H25NO/c1-5-7-11-18-16-12-13(3)8-9-15(16)14(4)17-10-6-2/h5,8-9,12,14,17H,1,6-7,10-11H2,2-4H3. The van der Waals surface area contributed by atoms with Gasteiger partial charge < -0.3 is 10.1 Å². The molecule has 1 atom stereocenters. The maximum atomic E-state index is 5.85. The van der Waals surface area contributed by atoms with Crippen LogP contribution in [-0.2, 0) is 0 Å². The van der Waals surface area contributed by atoms with Gasteiger partial charge in [0.2, 0.25) is 0 Å². The summed E-state index contributed by atoms with van der Waals surface area (Å²) in [5.41, 5.74) is 2.47. The second kappa shape index (κ2) is 7.93. The highest BCUT2D eigenvalue weighted by Crippen LogP contribution is 2.26. The van der Waals surface area contributed by atoms with Gasteiger partial charge in [0.05, 0.1) is 6.61 Å². The third-order valence-corrected chi connectivity index (χ3v) is 2.92. The topological polar surface area (TPSA) is 21.3 Å². The second-order valence-corrected chi connectivity index (χ2v) is 4.64. The lowest BCUT2D eigenvalue weighted by atomic mass is 10.0. The molecule has 1 rings (SSSR count). The SMILES string of the molecule is C=CCCOc1cc(C)ccc1C(C)NCCC. The van der Waals surface area contributed by atoms with Crippen molar-refractivity contribution in [1.82, 2.24) is 5.32 Å². The van der Waals surface area contributed by atoms with Crippen molar-refractivity contribution in [1.29, 1.82) is 0 Å². The summed E-state index contributed by atoms with van der Waals surface area (Å²) in [5.74, 6) is 0.993. The van der Waals surface area contributed by atoms with Gasteiger partial charge in [0, 0.05) is 11.6 Å². The molecule has 0 saturated carbocycles. The first-order chi connectivity index (χ1) is 8.69. The highest BCUT2D eigenvalue weighted by molar-refractivity contribution is 5.39.